The Morgan fingerprint density at radius 1 is 1.31 bits per heavy atom. The molecule has 1 rings (SSSR count). The molecule has 0 saturated carbocycles. The average molecular weight is 238 g/mol. The van der Waals surface area contributed by atoms with Crippen LogP contribution in [0.15, 0.2) is 23.1 Å². The minimum atomic E-state index is -2.28. The number of rotatable bonds is 5. The first-order valence-electron chi connectivity index (χ1n) is 4.08. The van der Waals surface area contributed by atoms with Gasteiger partial charge in [-0.1, -0.05) is 0 Å². The van der Waals surface area contributed by atoms with Crippen molar-refractivity contribution in [3.8, 4) is 11.5 Å². The van der Waals surface area contributed by atoms with E-state index in [4.69, 9.17) is 14.2 Å². The van der Waals surface area contributed by atoms with Crippen molar-refractivity contribution in [3.63, 3.8) is 0 Å². The predicted molar refractivity (Wildman–Crippen MR) is 52.7 cm³/mol. The van der Waals surface area contributed by atoms with Crippen molar-refractivity contribution in [3.05, 3.63) is 18.2 Å². The Labute approximate surface area is 109 Å². The van der Waals surface area contributed by atoms with Crippen molar-refractivity contribution in [2.24, 2.45) is 0 Å². The third-order valence-electron chi connectivity index (χ3n) is 1.66. The summed E-state index contributed by atoms with van der Waals surface area (Å²) >= 11 is -2.28. The van der Waals surface area contributed by atoms with Crippen LogP contribution in [-0.2, 0) is 15.8 Å². The summed E-state index contributed by atoms with van der Waals surface area (Å²) in [7, 11) is 2.95. The van der Waals surface area contributed by atoms with Crippen LogP contribution in [0, 0.1) is 0 Å². The first-order chi connectivity index (χ1) is 7.19. The van der Waals surface area contributed by atoms with E-state index in [0.717, 1.165) is 0 Å². The maximum atomic E-state index is 10.7. The first-order valence-corrected chi connectivity index (χ1v) is 5.15. The monoisotopic (exact) mass is 238 g/mol. The second-order valence-electron chi connectivity index (χ2n) is 2.60. The van der Waals surface area contributed by atoms with Crippen LogP contribution in [0.1, 0.15) is 0 Å². The molecule has 16 heavy (non-hydrogen) atoms. The number of hydrogen-bond acceptors (Lipinski definition) is 5. The Morgan fingerprint density at radius 3 is 2.50 bits per heavy atom. The zero-order valence-corrected chi connectivity index (χ0v) is 10.2. The molecule has 0 saturated heterocycles. The zero-order valence-electron chi connectivity index (χ0n) is 9.39. The minimum absolute atomic E-state index is 0. The van der Waals surface area contributed by atoms with E-state index in [9.17, 15) is 8.76 Å². The van der Waals surface area contributed by atoms with Crippen molar-refractivity contribution < 1.29 is 41.8 Å². The van der Waals surface area contributed by atoms with Crippen LogP contribution in [0.4, 0.5) is 0 Å². The molecule has 0 aliphatic rings. The Bertz CT molecular complexity index is 358. The molecule has 0 heterocycles. The summed E-state index contributed by atoms with van der Waals surface area (Å²) in [4.78, 5) is 0.141. The molecule has 1 aromatic carbocycles. The summed E-state index contributed by atoms with van der Waals surface area (Å²) < 4.78 is 36.3. The van der Waals surface area contributed by atoms with Gasteiger partial charge in [-0.15, -0.1) is 0 Å². The fraction of sp³-hybridized carbons (Fsp3) is 0.333. The van der Waals surface area contributed by atoms with E-state index in [0.29, 0.717) is 11.5 Å². The molecular weight excluding hydrogens is 227 g/mol. The van der Waals surface area contributed by atoms with E-state index < -0.39 is 11.1 Å². The minimum Gasteiger partial charge on any atom is -0.768 e. The van der Waals surface area contributed by atoms with Crippen molar-refractivity contribution in [1.82, 2.24) is 0 Å². The molecule has 84 valence electrons. The van der Waals surface area contributed by atoms with E-state index in [2.05, 4.69) is 0 Å². The van der Waals surface area contributed by atoms with E-state index >= 15 is 0 Å². The van der Waals surface area contributed by atoms with Gasteiger partial charge in [0.25, 0.3) is 0 Å². The largest absolute Gasteiger partial charge is 1.00 e. The molecule has 1 atom stereocenters. The Balaban J connectivity index is 0.00000225. The molecule has 1 unspecified atom stereocenters. The third kappa shape index (κ3) is 4.16. The fourth-order valence-electron chi connectivity index (χ4n) is 0.996. The van der Waals surface area contributed by atoms with Crippen LogP contribution < -0.4 is 28.3 Å². The molecule has 0 aromatic heterocycles. The molecule has 0 radical (unpaired) electrons. The van der Waals surface area contributed by atoms with Crippen molar-refractivity contribution >= 4 is 11.1 Å². The van der Waals surface area contributed by atoms with Gasteiger partial charge < -0.3 is 18.8 Å². The van der Waals surface area contributed by atoms with Crippen LogP contribution in [0.3, 0.4) is 0 Å². The van der Waals surface area contributed by atoms with E-state index in [1.165, 1.54) is 32.4 Å². The summed E-state index contributed by atoms with van der Waals surface area (Å²) in [5.74, 6) is 0.794. The van der Waals surface area contributed by atoms with Gasteiger partial charge in [0.15, 0.2) is 18.3 Å². The van der Waals surface area contributed by atoms with Gasteiger partial charge in [-0.05, 0) is 29.3 Å². The second kappa shape index (κ2) is 7.71. The molecule has 1 aromatic rings. The van der Waals surface area contributed by atoms with Crippen LogP contribution >= 0.6 is 0 Å². The Morgan fingerprint density at radius 2 is 2.00 bits per heavy atom. The molecular formula is C9H11LiO5S. The third-order valence-corrected chi connectivity index (χ3v) is 2.30. The van der Waals surface area contributed by atoms with Gasteiger partial charge in [0.2, 0.25) is 0 Å². The van der Waals surface area contributed by atoms with Gasteiger partial charge in [0.05, 0.1) is 7.11 Å². The average Bonchev–Trinajstić information content (AvgIpc) is 2.25. The predicted octanol–water partition coefficient (Wildman–Crippen LogP) is -2.08. The summed E-state index contributed by atoms with van der Waals surface area (Å²) in [5, 5.41) is 0. The van der Waals surface area contributed by atoms with Crippen LogP contribution in [0.5, 0.6) is 11.5 Å². The molecule has 0 amide bonds. The van der Waals surface area contributed by atoms with Crippen LogP contribution in [0.25, 0.3) is 0 Å². The van der Waals surface area contributed by atoms with Crippen molar-refractivity contribution in [1.29, 1.82) is 0 Å². The normalized spacial score (nSPS) is 11.4. The van der Waals surface area contributed by atoms with E-state index in [-0.39, 0.29) is 30.5 Å². The molecule has 7 heteroatoms. The van der Waals surface area contributed by atoms with E-state index in [1.54, 1.807) is 0 Å². The maximum Gasteiger partial charge on any atom is 1.00 e. The smallest absolute Gasteiger partial charge is 0.768 e. The Kier molecular flexibility index (Phi) is 7.46. The molecule has 5 nitrogen and oxygen atoms in total. The standard InChI is InChI=1S/C9H12O5S.Li/c1-12-6-14-9-5-7(15(10)11)3-4-8(9)13-2;/h3-5H,6H2,1-2H3,(H,10,11);/q;+1/p-1. The molecule has 0 spiro atoms. The molecule has 0 aliphatic heterocycles. The quantitative estimate of drug-likeness (QED) is 0.334. The molecule has 0 bridgehead atoms. The van der Waals surface area contributed by atoms with Gasteiger partial charge in [0, 0.05) is 12.0 Å². The summed E-state index contributed by atoms with van der Waals surface area (Å²) in [6, 6.07) is 4.33. The second-order valence-corrected chi connectivity index (χ2v) is 3.54. The van der Waals surface area contributed by atoms with Gasteiger partial charge in [-0.3, -0.25) is 4.21 Å². The summed E-state index contributed by atoms with van der Waals surface area (Å²) in [6.07, 6.45) is 0. The topological polar surface area (TPSA) is 67.8 Å². The summed E-state index contributed by atoms with van der Waals surface area (Å²) in [5.41, 5.74) is 0. The SMILES string of the molecule is COCOc1cc(S(=O)[O-])ccc1OC.[Li+]. The number of hydrogen-bond donors (Lipinski definition) is 0. The number of methoxy groups -OCH3 is 2. The zero-order chi connectivity index (χ0) is 11.3. The number of ether oxygens (including phenoxy) is 3. The Hall–Kier alpha value is -0.513. The van der Waals surface area contributed by atoms with Gasteiger partial charge in [-0.25, -0.2) is 0 Å². The van der Waals surface area contributed by atoms with Gasteiger partial charge in [-0.2, -0.15) is 0 Å². The maximum absolute atomic E-state index is 10.7. The van der Waals surface area contributed by atoms with Crippen molar-refractivity contribution in [2.45, 2.75) is 4.90 Å². The molecule has 0 fully saturated rings. The van der Waals surface area contributed by atoms with Crippen LogP contribution in [0.2, 0.25) is 0 Å². The van der Waals surface area contributed by atoms with Crippen molar-refractivity contribution in [2.75, 3.05) is 21.0 Å². The molecule has 0 N–H and O–H groups in total. The van der Waals surface area contributed by atoms with E-state index in [1.807, 2.05) is 0 Å². The van der Waals surface area contributed by atoms with Gasteiger partial charge >= 0.3 is 18.9 Å². The molecule has 0 aliphatic carbocycles. The van der Waals surface area contributed by atoms with Gasteiger partial charge in [0.1, 0.15) is 0 Å². The summed E-state index contributed by atoms with van der Waals surface area (Å²) in [6.45, 7) is 0.0330. The fourth-order valence-corrected chi connectivity index (χ4v) is 1.38. The first kappa shape index (κ1) is 15.5. The van der Waals surface area contributed by atoms with Crippen LogP contribution in [-0.4, -0.2) is 29.8 Å². The number of benzene rings is 1.